The molecule has 0 amide bonds. The SMILES string of the molecule is CCOc1cc(C=Nn2c(C3CCCCC3)nc3ccccc3c2=O)cc(Cl)c1OC(C)=O. The summed E-state index contributed by atoms with van der Waals surface area (Å²) < 4.78 is 12.2. The summed E-state index contributed by atoms with van der Waals surface area (Å²) in [5.41, 5.74) is 1.08. The summed E-state index contributed by atoms with van der Waals surface area (Å²) >= 11 is 6.36. The molecule has 0 unspecified atom stereocenters. The zero-order chi connectivity index (χ0) is 23.4. The molecule has 7 nitrogen and oxygen atoms in total. The van der Waals surface area contributed by atoms with Gasteiger partial charge in [-0.25, -0.2) is 4.98 Å². The van der Waals surface area contributed by atoms with Gasteiger partial charge in [-0.2, -0.15) is 9.78 Å². The molecule has 0 spiro atoms. The second-order valence-electron chi connectivity index (χ2n) is 8.04. The van der Waals surface area contributed by atoms with Crippen molar-refractivity contribution in [2.45, 2.75) is 51.9 Å². The minimum Gasteiger partial charge on any atom is -0.490 e. The maximum atomic E-state index is 13.3. The Morgan fingerprint density at radius 1 is 1.24 bits per heavy atom. The van der Waals surface area contributed by atoms with Gasteiger partial charge in [0.25, 0.3) is 5.56 Å². The molecule has 1 aromatic heterocycles. The zero-order valence-electron chi connectivity index (χ0n) is 18.7. The molecule has 0 atom stereocenters. The van der Waals surface area contributed by atoms with Gasteiger partial charge in [0.15, 0.2) is 11.5 Å². The normalized spacial score (nSPS) is 14.6. The molecule has 0 aliphatic heterocycles. The molecular formula is C25H26ClN3O4. The predicted octanol–water partition coefficient (Wildman–Crippen LogP) is 5.30. The highest BCUT2D eigenvalue weighted by Crippen LogP contribution is 2.36. The fourth-order valence-corrected chi connectivity index (χ4v) is 4.43. The van der Waals surface area contributed by atoms with E-state index in [1.807, 2.05) is 25.1 Å². The van der Waals surface area contributed by atoms with Crippen molar-refractivity contribution in [2.75, 3.05) is 6.61 Å². The fourth-order valence-electron chi connectivity index (χ4n) is 4.17. The number of benzene rings is 2. The number of hydrogen-bond donors (Lipinski definition) is 0. The number of aromatic nitrogens is 2. The van der Waals surface area contributed by atoms with E-state index in [4.69, 9.17) is 26.1 Å². The fraction of sp³-hybridized carbons (Fsp3) is 0.360. The number of fused-ring (bicyclic) bond motifs is 1. The summed E-state index contributed by atoms with van der Waals surface area (Å²) in [4.78, 5) is 29.6. The van der Waals surface area contributed by atoms with Crippen LogP contribution in [0.1, 0.15) is 63.3 Å². The maximum Gasteiger partial charge on any atom is 0.308 e. The minimum absolute atomic E-state index is 0.163. The van der Waals surface area contributed by atoms with Gasteiger partial charge in [0.05, 0.1) is 28.7 Å². The number of nitrogens with zero attached hydrogens (tertiary/aromatic N) is 3. The summed E-state index contributed by atoms with van der Waals surface area (Å²) in [7, 11) is 0. The number of rotatable bonds is 6. The van der Waals surface area contributed by atoms with Gasteiger partial charge in [-0.15, -0.1) is 0 Å². The molecule has 4 rings (SSSR count). The average molecular weight is 468 g/mol. The van der Waals surface area contributed by atoms with Crippen molar-refractivity contribution in [2.24, 2.45) is 5.10 Å². The molecule has 3 aromatic rings. The van der Waals surface area contributed by atoms with Crippen LogP contribution in [0.4, 0.5) is 0 Å². The van der Waals surface area contributed by atoms with Crippen LogP contribution in [0.2, 0.25) is 5.02 Å². The topological polar surface area (TPSA) is 82.8 Å². The van der Waals surface area contributed by atoms with E-state index in [2.05, 4.69) is 5.10 Å². The molecule has 8 heteroatoms. The molecule has 1 heterocycles. The Hall–Kier alpha value is -3.19. The van der Waals surface area contributed by atoms with Crippen LogP contribution in [0.5, 0.6) is 11.5 Å². The molecule has 1 fully saturated rings. The second kappa shape index (κ2) is 10.2. The van der Waals surface area contributed by atoms with E-state index in [0.29, 0.717) is 34.6 Å². The van der Waals surface area contributed by atoms with Crippen molar-refractivity contribution >= 4 is 34.7 Å². The number of para-hydroxylation sites is 1. The molecule has 33 heavy (non-hydrogen) atoms. The van der Waals surface area contributed by atoms with Crippen molar-refractivity contribution in [3.63, 3.8) is 0 Å². The molecular weight excluding hydrogens is 442 g/mol. The third-order valence-electron chi connectivity index (χ3n) is 5.65. The average Bonchev–Trinajstić information content (AvgIpc) is 2.81. The second-order valence-corrected chi connectivity index (χ2v) is 8.45. The first kappa shape index (κ1) is 23.0. The lowest BCUT2D eigenvalue weighted by molar-refractivity contribution is -0.132. The largest absolute Gasteiger partial charge is 0.490 e. The van der Waals surface area contributed by atoms with Crippen LogP contribution >= 0.6 is 11.6 Å². The van der Waals surface area contributed by atoms with E-state index in [9.17, 15) is 9.59 Å². The third-order valence-corrected chi connectivity index (χ3v) is 5.93. The standard InChI is InChI=1S/C25H26ClN3O4/c1-3-32-22-14-17(13-20(26)23(22)33-16(2)30)15-27-29-24(18-9-5-4-6-10-18)28-21-12-8-7-11-19(21)25(29)31/h7-8,11-15,18H,3-6,9-10H2,1-2H3. The first-order valence-corrected chi connectivity index (χ1v) is 11.6. The van der Waals surface area contributed by atoms with Crippen LogP contribution in [0.3, 0.4) is 0 Å². The molecule has 1 aliphatic carbocycles. The van der Waals surface area contributed by atoms with Gasteiger partial charge in [0.2, 0.25) is 0 Å². The van der Waals surface area contributed by atoms with Crippen LogP contribution < -0.4 is 15.0 Å². The Labute approximate surface area is 197 Å². The van der Waals surface area contributed by atoms with Crippen molar-refractivity contribution in [1.82, 2.24) is 9.66 Å². The summed E-state index contributed by atoms with van der Waals surface area (Å²) in [6.07, 6.45) is 6.94. The maximum absolute atomic E-state index is 13.3. The van der Waals surface area contributed by atoms with Gasteiger partial charge in [0, 0.05) is 12.8 Å². The van der Waals surface area contributed by atoms with E-state index in [-0.39, 0.29) is 22.2 Å². The Morgan fingerprint density at radius 2 is 2.00 bits per heavy atom. The van der Waals surface area contributed by atoms with E-state index >= 15 is 0 Å². The molecule has 1 saturated carbocycles. The number of esters is 1. The van der Waals surface area contributed by atoms with Gasteiger partial charge >= 0.3 is 5.97 Å². The predicted molar refractivity (Wildman–Crippen MR) is 129 cm³/mol. The number of ether oxygens (including phenoxy) is 2. The first-order valence-electron chi connectivity index (χ1n) is 11.2. The van der Waals surface area contributed by atoms with Gasteiger partial charge in [-0.05, 0) is 49.6 Å². The summed E-state index contributed by atoms with van der Waals surface area (Å²) in [6.45, 7) is 3.49. The lowest BCUT2D eigenvalue weighted by Gasteiger charge is -2.22. The smallest absolute Gasteiger partial charge is 0.308 e. The number of carbonyl (C=O) groups is 1. The lowest BCUT2D eigenvalue weighted by Crippen LogP contribution is -2.25. The third kappa shape index (κ3) is 5.09. The van der Waals surface area contributed by atoms with Crippen molar-refractivity contribution in [1.29, 1.82) is 0 Å². The molecule has 0 saturated heterocycles. The zero-order valence-corrected chi connectivity index (χ0v) is 19.5. The van der Waals surface area contributed by atoms with Gasteiger partial charge < -0.3 is 9.47 Å². The summed E-state index contributed by atoms with van der Waals surface area (Å²) in [5, 5.41) is 5.27. The van der Waals surface area contributed by atoms with Gasteiger partial charge in [-0.3, -0.25) is 9.59 Å². The minimum atomic E-state index is -0.495. The Bertz CT molecular complexity index is 1260. The summed E-state index contributed by atoms with van der Waals surface area (Å²) in [6, 6.07) is 10.6. The Balaban J connectivity index is 1.79. The van der Waals surface area contributed by atoms with Crippen molar-refractivity contribution < 1.29 is 14.3 Å². The Morgan fingerprint density at radius 3 is 2.73 bits per heavy atom. The van der Waals surface area contributed by atoms with E-state index in [1.165, 1.54) is 18.0 Å². The van der Waals surface area contributed by atoms with Crippen LogP contribution in [-0.2, 0) is 4.79 Å². The number of carbonyl (C=O) groups excluding carboxylic acids is 1. The summed E-state index contributed by atoms with van der Waals surface area (Å²) in [5.74, 6) is 0.864. The highest BCUT2D eigenvalue weighted by molar-refractivity contribution is 6.32. The Kier molecular flexibility index (Phi) is 7.08. The van der Waals surface area contributed by atoms with E-state index in [0.717, 1.165) is 25.7 Å². The van der Waals surface area contributed by atoms with Crippen LogP contribution in [0.25, 0.3) is 10.9 Å². The molecule has 2 aromatic carbocycles. The van der Waals surface area contributed by atoms with Gasteiger partial charge in [-0.1, -0.05) is 43.0 Å². The molecule has 0 N–H and O–H groups in total. The molecule has 172 valence electrons. The highest BCUT2D eigenvalue weighted by atomic mass is 35.5. The van der Waals surface area contributed by atoms with Crippen LogP contribution in [0.15, 0.2) is 46.3 Å². The monoisotopic (exact) mass is 467 g/mol. The van der Waals surface area contributed by atoms with E-state index < -0.39 is 5.97 Å². The number of hydrogen-bond acceptors (Lipinski definition) is 6. The van der Waals surface area contributed by atoms with Crippen LogP contribution in [0, 0.1) is 0 Å². The highest BCUT2D eigenvalue weighted by Gasteiger charge is 2.22. The number of halogens is 1. The van der Waals surface area contributed by atoms with E-state index in [1.54, 1.807) is 24.4 Å². The van der Waals surface area contributed by atoms with Crippen molar-refractivity contribution in [3.05, 3.63) is 63.2 Å². The molecule has 0 bridgehead atoms. The van der Waals surface area contributed by atoms with Gasteiger partial charge in [0.1, 0.15) is 5.82 Å². The van der Waals surface area contributed by atoms with Crippen molar-refractivity contribution in [3.8, 4) is 11.5 Å². The molecule has 1 aliphatic rings. The quantitative estimate of drug-likeness (QED) is 0.279. The lowest BCUT2D eigenvalue weighted by atomic mass is 9.88. The molecule has 0 radical (unpaired) electrons. The van der Waals surface area contributed by atoms with Crippen LogP contribution in [-0.4, -0.2) is 28.5 Å². The first-order chi connectivity index (χ1) is 16.0.